The van der Waals surface area contributed by atoms with E-state index in [4.69, 9.17) is 10.00 Å². The van der Waals surface area contributed by atoms with Crippen molar-refractivity contribution in [1.29, 1.82) is 5.26 Å². The Morgan fingerprint density at radius 3 is 2.90 bits per heavy atom. The van der Waals surface area contributed by atoms with Crippen molar-refractivity contribution in [2.45, 2.75) is 12.5 Å². The summed E-state index contributed by atoms with van der Waals surface area (Å²) >= 11 is 0. The van der Waals surface area contributed by atoms with Gasteiger partial charge in [0.15, 0.2) is 0 Å². The highest BCUT2D eigenvalue weighted by Crippen LogP contribution is 2.13. The maximum atomic E-state index is 13.1. The Hall–Kier alpha value is -1.48. The van der Waals surface area contributed by atoms with Crippen LogP contribution in [0.2, 0.25) is 0 Å². The molecule has 108 valence electrons. The first kappa shape index (κ1) is 14.9. The van der Waals surface area contributed by atoms with E-state index in [1.54, 1.807) is 12.1 Å². The van der Waals surface area contributed by atoms with Gasteiger partial charge >= 0.3 is 0 Å². The monoisotopic (exact) mass is 277 g/mol. The molecule has 0 spiro atoms. The van der Waals surface area contributed by atoms with Gasteiger partial charge in [0.1, 0.15) is 11.9 Å². The van der Waals surface area contributed by atoms with E-state index in [2.05, 4.69) is 16.3 Å². The average molecular weight is 277 g/mol. The lowest BCUT2D eigenvalue weighted by Gasteiger charge is -2.26. The lowest BCUT2D eigenvalue weighted by atomic mass is 10.1. The third kappa shape index (κ3) is 4.57. The Morgan fingerprint density at radius 2 is 2.20 bits per heavy atom. The number of hydrogen-bond acceptors (Lipinski definition) is 4. The third-order valence-electron chi connectivity index (χ3n) is 3.41. The van der Waals surface area contributed by atoms with Gasteiger partial charge in [-0.05, 0) is 37.2 Å². The fraction of sp³-hybridized carbons (Fsp3) is 0.533. The number of ether oxygens (including phenoxy) is 1. The van der Waals surface area contributed by atoms with Crippen LogP contribution in [0.4, 0.5) is 4.39 Å². The first-order chi connectivity index (χ1) is 9.79. The minimum Gasteiger partial charge on any atom is -0.379 e. The Kier molecular flexibility index (Phi) is 5.93. The van der Waals surface area contributed by atoms with Gasteiger partial charge < -0.3 is 4.74 Å². The van der Waals surface area contributed by atoms with Gasteiger partial charge in [0.25, 0.3) is 0 Å². The van der Waals surface area contributed by atoms with Gasteiger partial charge in [-0.2, -0.15) is 5.26 Å². The molecule has 2 rings (SSSR count). The van der Waals surface area contributed by atoms with Gasteiger partial charge in [0, 0.05) is 13.1 Å². The number of morpholine rings is 1. The Morgan fingerprint density at radius 1 is 1.40 bits per heavy atom. The summed E-state index contributed by atoms with van der Waals surface area (Å²) < 4.78 is 18.4. The maximum Gasteiger partial charge on any atom is 0.123 e. The summed E-state index contributed by atoms with van der Waals surface area (Å²) in [5, 5.41) is 12.3. The molecule has 1 aliphatic heterocycles. The lowest BCUT2D eigenvalue weighted by Crippen LogP contribution is -2.37. The van der Waals surface area contributed by atoms with E-state index in [1.165, 1.54) is 12.1 Å². The van der Waals surface area contributed by atoms with Crippen LogP contribution in [-0.4, -0.2) is 44.3 Å². The second kappa shape index (κ2) is 7.95. The number of hydrogen-bond donors (Lipinski definition) is 1. The van der Waals surface area contributed by atoms with Crippen molar-refractivity contribution in [3.8, 4) is 6.07 Å². The fourth-order valence-corrected chi connectivity index (χ4v) is 2.30. The van der Waals surface area contributed by atoms with E-state index in [0.717, 1.165) is 45.8 Å². The zero-order valence-electron chi connectivity index (χ0n) is 11.5. The molecule has 1 aliphatic rings. The van der Waals surface area contributed by atoms with Crippen molar-refractivity contribution in [1.82, 2.24) is 10.2 Å². The summed E-state index contributed by atoms with van der Waals surface area (Å²) in [6, 6.07) is 7.91. The van der Waals surface area contributed by atoms with Crippen molar-refractivity contribution < 1.29 is 9.13 Å². The van der Waals surface area contributed by atoms with Crippen LogP contribution >= 0.6 is 0 Å². The van der Waals surface area contributed by atoms with Crippen molar-refractivity contribution >= 4 is 0 Å². The standard InChI is InChI=1S/C15H20FN3O/c16-14-4-1-3-13(11-14)15(12-17)18-5-2-6-19-7-9-20-10-8-19/h1,3-4,11,15,18H,2,5-10H2. The number of nitriles is 1. The van der Waals surface area contributed by atoms with Crippen LogP contribution < -0.4 is 5.32 Å². The van der Waals surface area contributed by atoms with Gasteiger partial charge in [0.2, 0.25) is 0 Å². The van der Waals surface area contributed by atoms with E-state index in [1.807, 2.05) is 0 Å². The highest BCUT2D eigenvalue weighted by Gasteiger charge is 2.12. The summed E-state index contributed by atoms with van der Waals surface area (Å²) in [5.41, 5.74) is 0.680. The van der Waals surface area contributed by atoms with Gasteiger partial charge in [-0.3, -0.25) is 10.2 Å². The van der Waals surface area contributed by atoms with E-state index < -0.39 is 6.04 Å². The molecule has 0 aliphatic carbocycles. The third-order valence-corrected chi connectivity index (χ3v) is 3.41. The average Bonchev–Trinajstić information content (AvgIpc) is 2.48. The van der Waals surface area contributed by atoms with E-state index in [-0.39, 0.29) is 5.82 Å². The lowest BCUT2D eigenvalue weighted by molar-refractivity contribution is 0.0374. The second-order valence-corrected chi connectivity index (χ2v) is 4.88. The normalized spacial score (nSPS) is 17.6. The minimum absolute atomic E-state index is 0.308. The molecule has 1 unspecified atom stereocenters. The summed E-state index contributed by atoms with van der Waals surface area (Å²) in [5.74, 6) is -0.308. The molecule has 0 radical (unpaired) electrons. The number of halogens is 1. The van der Waals surface area contributed by atoms with Crippen LogP contribution in [0.15, 0.2) is 24.3 Å². The molecule has 1 aromatic carbocycles. The molecule has 1 atom stereocenters. The Bertz CT molecular complexity index is 455. The molecule has 4 nitrogen and oxygen atoms in total. The Balaban J connectivity index is 1.72. The van der Waals surface area contributed by atoms with Gasteiger partial charge in [-0.1, -0.05) is 12.1 Å². The van der Waals surface area contributed by atoms with Crippen molar-refractivity contribution in [2.75, 3.05) is 39.4 Å². The van der Waals surface area contributed by atoms with Crippen LogP contribution in [0.1, 0.15) is 18.0 Å². The van der Waals surface area contributed by atoms with E-state index in [0.29, 0.717) is 5.56 Å². The summed E-state index contributed by atoms with van der Waals surface area (Å²) in [6.07, 6.45) is 0.966. The van der Waals surface area contributed by atoms with Gasteiger partial charge in [-0.25, -0.2) is 4.39 Å². The molecular weight excluding hydrogens is 257 g/mol. The summed E-state index contributed by atoms with van der Waals surface area (Å²) in [6.45, 7) is 5.30. The Labute approximate surface area is 119 Å². The van der Waals surface area contributed by atoms with E-state index >= 15 is 0 Å². The van der Waals surface area contributed by atoms with Gasteiger partial charge in [-0.15, -0.1) is 0 Å². The quantitative estimate of drug-likeness (QED) is 0.804. The summed E-state index contributed by atoms with van der Waals surface area (Å²) in [7, 11) is 0. The highest BCUT2D eigenvalue weighted by molar-refractivity contribution is 5.24. The zero-order valence-corrected chi connectivity index (χ0v) is 11.5. The SMILES string of the molecule is N#CC(NCCCN1CCOCC1)c1cccc(F)c1. The number of nitrogens with one attached hydrogen (secondary N) is 1. The predicted octanol–water partition coefficient (Wildman–Crippen LogP) is 1.70. The molecule has 0 bridgehead atoms. The molecule has 0 aromatic heterocycles. The largest absolute Gasteiger partial charge is 0.379 e. The topological polar surface area (TPSA) is 48.3 Å². The maximum absolute atomic E-state index is 13.1. The van der Waals surface area contributed by atoms with Crippen molar-refractivity contribution in [2.24, 2.45) is 0 Å². The fourth-order valence-electron chi connectivity index (χ4n) is 2.30. The minimum atomic E-state index is -0.449. The molecule has 1 saturated heterocycles. The van der Waals surface area contributed by atoms with Crippen LogP contribution in [0, 0.1) is 17.1 Å². The first-order valence-electron chi connectivity index (χ1n) is 6.98. The van der Waals surface area contributed by atoms with Crippen LogP contribution in [0.3, 0.4) is 0 Å². The molecule has 0 amide bonds. The highest BCUT2D eigenvalue weighted by atomic mass is 19.1. The first-order valence-corrected chi connectivity index (χ1v) is 6.98. The van der Waals surface area contributed by atoms with Crippen molar-refractivity contribution in [3.63, 3.8) is 0 Å². The summed E-state index contributed by atoms with van der Waals surface area (Å²) in [4.78, 5) is 2.36. The smallest absolute Gasteiger partial charge is 0.123 e. The molecule has 1 fully saturated rings. The van der Waals surface area contributed by atoms with Gasteiger partial charge in [0.05, 0.1) is 19.3 Å². The molecule has 5 heteroatoms. The van der Waals surface area contributed by atoms with E-state index in [9.17, 15) is 4.39 Å². The molecule has 1 N–H and O–H groups in total. The molecule has 1 aromatic rings. The predicted molar refractivity (Wildman–Crippen MR) is 74.6 cm³/mol. The molecule has 0 saturated carbocycles. The molecular formula is C15H20FN3O. The second-order valence-electron chi connectivity index (χ2n) is 4.88. The number of benzene rings is 1. The molecule has 1 heterocycles. The zero-order chi connectivity index (χ0) is 14.2. The van der Waals surface area contributed by atoms with Crippen LogP contribution in [-0.2, 0) is 4.74 Å². The number of rotatable bonds is 6. The van der Waals surface area contributed by atoms with Crippen LogP contribution in [0.25, 0.3) is 0 Å². The molecule has 20 heavy (non-hydrogen) atoms. The van der Waals surface area contributed by atoms with Crippen LogP contribution in [0.5, 0.6) is 0 Å². The number of nitrogens with zero attached hydrogens (tertiary/aromatic N) is 2. The van der Waals surface area contributed by atoms with Crippen molar-refractivity contribution in [3.05, 3.63) is 35.6 Å².